The lowest BCUT2D eigenvalue weighted by molar-refractivity contribution is 0.171. The molecular weight excluding hydrogens is 274 g/mol. The van der Waals surface area contributed by atoms with Gasteiger partial charge in [0.05, 0.1) is 11.8 Å². The number of nitrogens with zero attached hydrogens (tertiary/aromatic N) is 2. The number of aliphatic hydroxyl groups excluding tert-OH is 1. The van der Waals surface area contributed by atoms with Gasteiger partial charge in [0.25, 0.3) is 0 Å². The topological polar surface area (TPSA) is 96.5 Å². The first-order valence-electron chi connectivity index (χ1n) is 5.15. The molecule has 100 valence electrons. The molecule has 0 saturated carbocycles. The highest BCUT2D eigenvalue weighted by Crippen LogP contribution is 2.13. The standard InChI is InChI=1S/C10H15N3O3S2/c1-7(14)6-13(2)18(15,16)8-3-4-9(10(11)17)12-5-8/h3-5,7,14H,6H2,1-2H3,(H2,11,17). The number of rotatable bonds is 5. The van der Waals surface area contributed by atoms with Crippen LogP contribution in [0.25, 0.3) is 0 Å². The second kappa shape index (κ2) is 5.70. The second-order valence-electron chi connectivity index (χ2n) is 3.88. The van der Waals surface area contributed by atoms with Crippen LogP contribution in [0.1, 0.15) is 12.6 Å². The summed E-state index contributed by atoms with van der Waals surface area (Å²) in [6.07, 6.45) is 0.455. The summed E-state index contributed by atoms with van der Waals surface area (Å²) in [4.78, 5) is 4.01. The van der Waals surface area contributed by atoms with Crippen LogP contribution in [0.15, 0.2) is 23.2 Å². The molecule has 0 fully saturated rings. The molecule has 0 spiro atoms. The third-order valence-corrected chi connectivity index (χ3v) is 4.23. The van der Waals surface area contributed by atoms with Gasteiger partial charge < -0.3 is 10.8 Å². The smallest absolute Gasteiger partial charge is 0.244 e. The Balaban J connectivity index is 3.02. The van der Waals surface area contributed by atoms with Crippen molar-refractivity contribution in [3.05, 3.63) is 24.0 Å². The maximum atomic E-state index is 12.1. The van der Waals surface area contributed by atoms with Crippen LogP contribution < -0.4 is 5.73 Å². The lowest BCUT2D eigenvalue weighted by Crippen LogP contribution is -2.33. The third-order valence-electron chi connectivity index (χ3n) is 2.22. The van der Waals surface area contributed by atoms with Gasteiger partial charge in [-0.2, -0.15) is 4.31 Å². The summed E-state index contributed by atoms with van der Waals surface area (Å²) in [6.45, 7) is 1.53. The van der Waals surface area contributed by atoms with Gasteiger partial charge in [-0.1, -0.05) is 12.2 Å². The number of sulfonamides is 1. The Bertz CT molecular complexity index is 526. The zero-order valence-corrected chi connectivity index (χ0v) is 11.7. The monoisotopic (exact) mass is 289 g/mol. The quantitative estimate of drug-likeness (QED) is 0.724. The van der Waals surface area contributed by atoms with Crippen molar-refractivity contribution in [2.24, 2.45) is 5.73 Å². The molecule has 1 unspecified atom stereocenters. The van der Waals surface area contributed by atoms with Gasteiger partial charge in [0.1, 0.15) is 9.88 Å². The first-order valence-corrected chi connectivity index (χ1v) is 7.00. The van der Waals surface area contributed by atoms with Gasteiger partial charge in [-0.05, 0) is 19.1 Å². The third kappa shape index (κ3) is 3.45. The summed E-state index contributed by atoms with van der Waals surface area (Å²) >= 11 is 4.73. The van der Waals surface area contributed by atoms with Gasteiger partial charge in [0.15, 0.2) is 0 Å². The van der Waals surface area contributed by atoms with Crippen LogP contribution in [0.2, 0.25) is 0 Å². The number of likely N-dealkylation sites (N-methyl/N-ethyl adjacent to an activating group) is 1. The van der Waals surface area contributed by atoms with E-state index in [9.17, 15) is 13.5 Å². The first-order chi connectivity index (χ1) is 8.25. The fraction of sp³-hybridized carbons (Fsp3) is 0.400. The summed E-state index contributed by atoms with van der Waals surface area (Å²) < 4.78 is 25.2. The summed E-state index contributed by atoms with van der Waals surface area (Å²) in [6, 6.07) is 2.83. The number of pyridine rings is 1. The molecule has 0 aliphatic rings. The van der Waals surface area contributed by atoms with Crippen molar-refractivity contribution in [3.8, 4) is 0 Å². The van der Waals surface area contributed by atoms with Gasteiger partial charge >= 0.3 is 0 Å². The van der Waals surface area contributed by atoms with E-state index >= 15 is 0 Å². The van der Waals surface area contributed by atoms with Gasteiger partial charge in [-0.15, -0.1) is 0 Å². The highest BCUT2D eigenvalue weighted by Gasteiger charge is 2.22. The average molecular weight is 289 g/mol. The van der Waals surface area contributed by atoms with Crippen molar-refractivity contribution in [1.29, 1.82) is 0 Å². The number of thiocarbonyl (C=S) groups is 1. The van der Waals surface area contributed by atoms with E-state index in [1.165, 1.54) is 32.3 Å². The average Bonchev–Trinajstić information content (AvgIpc) is 2.28. The minimum Gasteiger partial charge on any atom is -0.392 e. The molecule has 6 nitrogen and oxygen atoms in total. The van der Waals surface area contributed by atoms with Crippen molar-refractivity contribution in [3.63, 3.8) is 0 Å². The minimum atomic E-state index is -3.65. The highest BCUT2D eigenvalue weighted by molar-refractivity contribution is 7.89. The number of hydrogen-bond donors (Lipinski definition) is 2. The number of aromatic nitrogens is 1. The van der Waals surface area contributed by atoms with E-state index in [2.05, 4.69) is 4.98 Å². The van der Waals surface area contributed by atoms with E-state index in [0.717, 1.165) is 4.31 Å². The Hall–Kier alpha value is -1.09. The molecule has 3 N–H and O–H groups in total. The van der Waals surface area contributed by atoms with Crippen LogP contribution in [0.3, 0.4) is 0 Å². The molecule has 1 aromatic heterocycles. The first kappa shape index (κ1) is 15.0. The summed E-state index contributed by atoms with van der Waals surface area (Å²) in [5, 5.41) is 9.19. The molecule has 0 saturated heterocycles. The molecular formula is C10H15N3O3S2. The van der Waals surface area contributed by atoms with E-state index < -0.39 is 16.1 Å². The summed E-state index contributed by atoms with van der Waals surface area (Å²) in [5.41, 5.74) is 5.74. The SMILES string of the molecule is CC(O)CN(C)S(=O)(=O)c1ccc(C(N)=S)nc1. The fourth-order valence-electron chi connectivity index (χ4n) is 1.33. The Morgan fingerprint density at radius 3 is 2.61 bits per heavy atom. The van der Waals surface area contributed by atoms with Gasteiger partial charge in [0, 0.05) is 19.8 Å². The minimum absolute atomic E-state index is 0.0133. The molecule has 0 amide bonds. The molecule has 1 atom stereocenters. The number of aliphatic hydroxyl groups is 1. The van der Waals surface area contributed by atoms with Crippen LogP contribution in [0.4, 0.5) is 0 Å². The van der Waals surface area contributed by atoms with Crippen LogP contribution in [0.5, 0.6) is 0 Å². The molecule has 8 heteroatoms. The summed E-state index contributed by atoms with van der Waals surface area (Å²) in [5.74, 6) is 0. The van der Waals surface area contributed by atoms with E-state index in [4.69, 9.17) is 18.0 Å². The normalized spacial score (nSPS) is 13.6. The predicted octanol–water partition coefficient (Wildman–Crippen LogP) is -0.283. The van der Waals surface area contributed by atoms with Gasteiger partial charge in [-0.25, -0.2) is 8.42 Å². The Morgan fingerprint density at radius 2 is 2.22 bits per heavy atom. The lowest BCUT2D eigenvalue weighted by Gasteiger charge is -2.18. The molecule has 0 bridgehead atoms. The number of nitrogens with two attached hydrogens (primary N) is 1. The van der Waals surface area contributed by atoms with Crippen LogP contribution in [0, 0.1) is 0 Å². The van der Waals surface area contributed by atoms with E-state index in [1.54, 1.807) is 0 Å². The molecule has 1 aromatic rings. The van der Waals surface area contributed by atoms with Gasteiger partial charge in [-0.3, -0.25) is 4.98 Å². The Labute approximate surface area is 111 Å². The van der Waals surface area contributed by atoms with Crippen LogP contribution in [-0.4, -0.2) is 47.5 Å². The number of hydrogen-bond acceptors (Lipinski definition) is 5. The zero-order chi connectivity index (χ0) is 13.9. The van der Waals surface area contributed by atoms with Crippen molar-refractivity contribution in [1.82, 2.24) is 9.29 Å². The van der Waals surface area contributed by atoms with Crippen molar-refractivity contribution >= 4 is 27.2 Å². The van der Waals surface area contributed by atoms with Crippen molar-refractivity contribution in [2.45, 2.75) is 17.9 Å². The second-order valence-corrected chi connectivity index (χ2v) is 6.36. The van der Waals surface area contributed by atoms with Crippen LogP contribution >= 0.6 is 12.2 Å². The molecule has 0 aromatic carbocycles. The molecule has 1 rings (SSSR count). The Kier molecular flexibility index (Phi) is 4.74. The molecule has 18 heavy (non-hydrogen) atoms. The Morgan fingerprint density at radius 1 is 1.61 bits per heavy atom. The van der Waals surface area contributed by atoms with E-state index in [-0.39, 0.29) is 16.4 Å². The van der Waals surface area contributed by atoms with Crippen molar-refractivity contribution < 1.29 is 13.5 Å². The predicted molar refractivity (Wildman–Crippen MR) is 71.6 cm³/mol. The lowest BCUT2D eigenvalue weighted by atomic mass is 10.3. The zero-order valence-electron chi connectivity index (χ0n) is 10.1. The maximum Gasteiger partial charge on any atom is 0.244 e. The summed E-state index contributed by atoms with van der Waals surface area (Å²) in [7, 11) is -2.26. The molecule has 0 aliphatic heterocycles. The fourth-order valence-corrected chi connectivity index (χ4v) is 2.65. The van der Waals surface area contributed by atoms with Crippen molar-refractivity contribution in [2.75, 3.05) is 13.6 Å². The molecule has 0 radical (unpaired) electrons. The van der Waals surface area contributed by atoms with E-state index in [1.807, 2.05) is 0 Å². The van der Waals surface area contributed by atoms with Crippen LogP contribution in [-0.2, 0) is 10.0 Å². The van der Waals surface area contributed by atoms with E-state index in [0.29, 0.717) is 5.69 Å². The van der Waals surface area contributed by atoms with Gasteiger partial charge in [0.2, 0.25) is 10.0 Å². The largest absolute Gasteiger partial charge is 0.392 e. The maximum absolute atomic E-state index is 12.1. The highest BCUT2D eigenvalue weighted by atomic mass is 32.2. The molecule has 1 heterocycles. The molecule has 0 aliphatic carbocycles.